The van der Waals surface area contributed by atoms with Crippen molar-refractivity contribution < 1.29 is 9.90 Å². The maximum Gasteiger partial charge on any atom is 0.320 e. The molecule has 1 aliphatic rings. The Labute approximate surface area is 79.5 Å². The molecule has 0 aromatic rings. The lowest BCUT2D eigenvalue weighted by Crippen LogP contribution is -2.34. The van der Waals surface area contributed by atoms with Gasteiger partial charge in [0.25, 0.3) is 0 Å². The van der Waals surface area contributed by atoms with Crippen LogP contribution in [0.25, 0.3) is 0 Å². The zero-order chi connectivity index (χ0) is 9.68. The number of nitrogens with one attached hydrogen (secondary N) is 1. The van der Waals surface area contributed by atoms with Crippen LogP contribution in [-0.2, 0) is 4.79 Å². The van der Waals surface area contributed by atoms with E-state index < -0.39 is 12.0 Å². The first-order valence-corrected chi connectivity index (χ1v) is 5.16. The lowest BCUT2D eigenvalue weighted by molar-refractivity contribution is -0.139. The second-order valence-electron chi connectivity index (χ2n) is 3.95. The molecule has 0 amide bonds. The van der Waals surface area contributed by atoms with E-state index in [0.717, 1.165) is 18.9 Å². The van der Waals surface area contributed by atoms with Crippen molar-refractivity contribution >= 4 is 5.97 Å². The molecule has 2 N–H and O–H groups in total. The van der Waals surface area contributed by atoms with Crippen molar-refractivity contribution in [3.8, 4) is 0 Å². The third-order valence-electron chi connectivity index (χ3n) is 2.85. The van der Waals surface area contributed by atoms with Crippen LogP contribution in [0.3, 0.4) is 0 Å². The Morgan fingerprint density at radius 3 is 2.69 bits per heavy atom. The molecule has 0 spiro atoms. The summed E-state index contributed by atoms with van der Waals surface area (Å²) in [4.78, 5) is 10.5. The third-order valence-corrected chi connectivity index (χ3v) is 2.85. The van der Waals surface area contributed by atoms with E-state index in [0.29, 0.717) is 0 Å². The molecule has 0 radical (unpaired) electrons. The fourth-order valence-corrected chi connectivity index (χ4v) is 1.89. The van der Waals surface area contributed by atoms with Gasteiger partial charge in [-0.2, -0.15) is 0 Å². The van der Waals surface area contributed by atoms with Crippen molar-refractivity contribution in [2.75, 3.05) is 6.54 Å². The van der Waals surface area contributed by atoms with Crippen LogP contribution < -0.4 is 5.32 Å². The van der Waals surface area contributed by atoms with E-state index in [1.807, 2.05) is 0 Å². The van der Waals surface area contributed by atoms with Gasteiger partial charge < -0.3 is 10.4 Å². The topological polar surface area (TPSA) is 49.3 Å². The molecule has 3 nitrogen and oxygen atoms in total. The fraction of sp³-hybridized carbons (Fsp3) is 0.900. The molecule has 0 saturated heterocycles. The van der Waals surface area contributed by atoms with Gasteiger partial charge in [-0.3, -0.25) is 4.79 Å². The van der Waals surface area contributed by atoms with Gasteiger partial charge in [-0.25, -0.2) is 0 Å². The van der Waals surface area contributed by atoms with Gasteiger partial charge in [-0.05, 0) is 25.8 Å². The van der Waals surface area contributed by atoms with E-state index in [1.54, 1.807) is 6.92 Å². The Balaban J connectivity index is 2.02. The van der Waals surface area contributed by atoms with Crippen LogP contribution in [-0.4, -0.2) is 23.7 Å². The monoisotopic (exact) mass is 185 g/mol. The molecule has 0 aromatic carbocycles. The van der Waals surface area contributed by atoms with E-state index in [-0.39, 0.29) is 0 Å². The first-order valence-electron chi connectivity index (χ1n) is 5.16. The van der Waals surface area contributed by atoms with Gasteiger partial charge in [0.15, 0.2) is 0 Å². The highest BCUT2D eigenvalue weighted by Crippen LogP contribution is 2.26. The molecule has 0 heterocycles. The molecule has 1 atom stereocenters. The van der Waals surface area contributed by atoms with Gasteiger partial charge in [0.2, 0.25) is 0 Å². The van der Waals surface area contributed by atoms with Crippen LogP contribution >= 0.6 is 0 Å². The molecule has 0 aromatic heterocycles. The SMILES string of the molecule is CC(NCCC1CCCC1)C(=O)O. The molecule has 1 fully saturated rings. The van der Waals surface area contributed by atoms with E-state index in [9.17, 15) is 4.79 Å². The lowest BCUT2D eigenvalue weighted by Gasteiger charge is -2.12. The van der Waals surface area contributed by atoms with Crippen molar-refractivity contribution in [2.45, 2.75) is 45.1 Å². The highest BCUT2D eigenvalue weighted by atomic mass is 16.4. The average molecular weight is 185 g/mol. The predicted molar refractivity (Wildman–Crippen MR) is 51.7 cm³/mol. The molecule has 0 aliphatic heterocycles. The summed E-state index contributed by atoms with van der Waals surface area (Å²) < 4.78 is 0. The molecule has 3 heteroatoms. The molecular formula is C10H19NO2. The summed E-state index contributed by atoms with van der Waals surface area (Å²) in [5.41, 5.74) is 0. The highest BCUT2D eigenvalue weighted by Gasteiger charge is 2.15. The van der Waals surface area contributed by atoms with Gasteiger partial charge in [0.05, 0.1) is 0 Å². The average Bonchev–Trinajstić information content (AvgIpc) is 2.56. The molecule has 0 bridgehead atoms. The van der Waals surface area contributed by atoms with Crippen molar-refractivity contribution in [3.63, 3.8) is 0 Å². The van der Waals surface area contributed by atoms with Crippen LogP contribution in [0.15, 0.2) is 0 Å². The summed E-state index contributed by atoms with van der Waals surface area (Å²) in [5, 5.41) is 11.6. The lowest BCUT2D eigenvalue weighted by atomic mass is 10.0. The molecule has 1 rings (SSSR count). The molecule has 1 aliphatic carbocycles. The number of hydrogen-bond donors (Lipinski definition) is 2. The molecule has 1 unspecified atom stereocenters. The van der Waals surface area contributed by atoms with Gasteiger partial charge in [-0.1, -0.05) is 25.7 Å². The zero-order valence-electron chi connectivity index (χ0n) is 8.25. The van der Waals surface area contributed by atoms with Gasteiger partial charge in [-0.15, -0.1) is 0 Å². The van der Waals surface area contributed by atoms with Crippen LogP contribution in [0.5, 0.6) is 0 Å². The number of carboxylic acids is 1. The minimum absolute atomic E-state index is 0.401. The minimum atomic E-state index is -0.758. The van der Waals surface area contributed by atoms with Crippen molar-refractivity contribution in [1.29, 1.82) is 0 Å². The number of carboxylic acid groups (broad SMARTS) is 1. The standard InChI is InChI=1S/C10H19NO2/c1-8(10(12)13)11-7-6-9-4-2-3-5-9/h8-9,11H,2-7H2,1H3,(H,12,13). The Bertz CT molecular complexity index is 164. The molecule has 76 valence electrons. The van der Waals surface area contributed by atoms with Crippen molar-refractivity contribution in [1.82, 2.24) is 5.32 Å². The number of hydrogen-bond acceptors (Lipinski definition) is 2. The van der Waals surface area contributed by atoms with Crippen LogP contribution in [0.1, 0.15) is 39.0 Å². The Kier molecular flexibility index (Phi) is 4.22. The molecular weight excluding hydrogens is 166 g/mol. The fourth-order valence-electron chi connectivity index (χ4n) is 1.89. The highest BCUT2D eigenvalue weighted by molar-refractivity contribution is 5.72. The summed E-state index contributed by atoms with van der Waals surface area (Å²) in [7, 11) is 0. The van der Waals surface area contributed by atoms with Crippen LogP contribution in [0.2, 0.25) is 0 Å². The van der Waals surface area contributed by atoms with E-state index in [2.05, 4.69) is 5.32 Å². The normalized spacial score (nSPS) is 20.4. The molecule has 1 saturated carbocycles. The molecule has 13 heavy (non-hydrogen) atoms. The maximum absolute atomic E-state index is 10.5. The minimum Gasteiger partial charge on any atom is -0.480 e. The zero-order valence-corrected chi connectivity index (χ0v) is 8.25. The smallest absolute Gasteiger partial charge is 0.320 e. The Hall–Kier alpha value is -0.570. The van der Waals surface area contributed by atoms with Gasteiger partial charge in [0, 0.05) is 0 Å². The van der Waals surface area contributed by atoms with Gasteiger partial charge in [0.1, 0.15) is 6.04 Å². The van der Waals surface area contributed by atoms with Crippen LogP contribution in [0.4, 0.5) is 0 Å². The predicted octanol–water partition coefficient (Wildman–Crippen LogP) is 1.63. The summed E-state index contributed by atoms with van der Waals surface area (Å²) in [5.74, 6) is 0.0833. The second kappa shape index (κ2) is 5.22. The van der Waals surface area contributed by atoms with E-state index >= 15 is 0 Å². The first-order chi connectivity index (χ1) is 6.20. The quantitative estimate of drug-likeness (QED) is 0.684. The summed E-state index contributed by atoms with van der Waals surface area (Å²) in [6.07, 6.45) is 6.53. The number of carbonyl (C=O) groups is 1. The number of rotatable bonds is 5. The van der Waals surface area contributed by atoms with E-state index in [1.165, 1.54) is 25.7 Å². The van der Waals surface area contributed by atoms with Gasteiger partial charge >= 0.3 is 5.97 Å². The summed E-state index contributed by atoms with van der Waals surface area (Å²) in [6.45, 7) is 2.54. The van der Waals surface area contributed by atoms with Crippen molar-refractivity contribution in [3.05, 3.63) is 0 Å². The third kappa shape index (κ3) is 3.77. The largest absolute Gasteiger partial charge is 0.480 e. The Morgan fingerprint density at radius 2 is 2.15 bits per heavy atom. The Morgan fingerprint density at radius 1 is 1.54 bits per heavy atom. The second-order valence-corrected chi connectivity index (χ2v) is 3.95. The first kappa shape index (κ1) is 10.5. The van der Waals surface area contributed by atoms with Crippen LogP contribution in [0, 0.1) is 5.92 Å². The van der Waals surface area contributed by atoms with Crippen molar-refractivity contribution in [2.24, 2.45) is 5.92 Å². The maximum atomic E-state index is 10.5. The summed E-state index contributed by atoms with van der Waals surface area (Å²) >= 11 is 0. The number of aliphatic carboxylic acids is 1. The summed E-state index contributed by atoms with van der Waals surface area (Å²) in [6, 6.07) is -0.401. The van der Waals surface area contributed by atoms with E-state index in [4.69, 9.17) is 5.11 Å².